The van der Waals surface area contributed by atoms with Crippen molar-refractivity contribution < 1.29 is 0 Å². The van der Waals surface area contributed by atoms with Crippen LogP contribution in [0.15, 0.2) is 5.38 Å². The van der Waals surface area contributed by atoms with E-state index in [-0.39, 0.29) is 6.04 Å². The van der Waals surface area contributed by atoms with Crippen molar-refractivity contribution in [3.8, 4) is 0 Å². The third-order valence-corrected chi connectivity index (χ3v) is 4.27. The predicted octanol–water partition coefficient (Wildman–Crippen LogP) is 3.93. The van der Waals surface area contributed by atoms with Gasteiger partial charge in [-0.25, -0.2) is 4.98 Å². The second-order valence-corrected chi connectivity index (χ2v) is 5.94. The van der Waals surface area contributed by atoms with E-state index in [4.69, 9.17) is 5.73 Å². The molecule has 0 aliphatic heterocycles. The minimum Gasteiger partial charge on any atom is -0.327 e. The first-order valence-electron chi connectivity index (χ1n) is 6.82. The van der Waals surface area contributed by atoms with E-state index in [2.05, 4.69) is 24.2 Å². The minimum absolute atomic E-state index is 0.280. The van der Waals surface area contributed by atoms with Gasteiger partial charge in [-0.2, -0.15) is 0 Å². The molecule has 1 rings (SSSR count). The second-order valence-electron chi connectivity index (χ2n) is 5.00. The van der Waals surface area contributed by atoms with Crippen molar-refractivity contribution in [3.63, 3.8) is 0 Å². The molecule has 2 N–H and O–H groups in total. The molecule has 2 nitrogen and oxygen atoms in total. The highest BCUT2D eigenvalue weighted by Crippen LogP contribution is 2.20. The van der Waals surface area contributed by atoms with Crippen LogP contribution in [-0.4, -0.2) is 11.0 Å². The molecule has 0 aromatic carbocycles. The van der Waals surface area contributed by atoms with Gasteiger partial charge in [0.15, 0.2) is 0 Å². The summed E-state index contributed by atoms with van der Waals surface area (Å²) in [5.41, 5.74) is 7.35. The predicted molar refractivity (Wildman–Crippen MR) is 76.5 cm³/mol. The van der Waals surface area contributed by atoms with Gasteiger partial charge in [-0.3, -0.25) is 0 Å². The van der Waals surface area contributed by atoms with Crippen LogP contribution in [0.5, 0.6) is 0 Å². The number of hydrogen-bond acceptors (Lipinski definition) is 3. The SMILES string of the molecule is CCCCC(CC)CC(N)Cc1nc(C)cs1. The summed E-state index contributed by atoms with van der Waals surface area (Å²) in [6.07, 6.45) is 7.30. The maximum Gasteiger partial charge on any atom is 0.0943 e. The molecule has 17 heavy (non-hydrogen) atoms. The summed E-state index contributed by atoms with van der Waals surface area (Å²) in [5.74, 6) is 0.797. The molecule has 0 saturated carbocycles. The average Bonchev–Trinajstić information content (AvgIpc) is 2.69. The summed E-state index contributed by atoms with van der Waals surface area (Å²) in [6, 6.07) is 0.280. The fourth-order valence-electron chi connectivity index (χ4n) is 2.21. The molecular weight excluding hydrogens is 228 g/mol. The van der Waals surface area contributed by atoms with Gasteiger partial charge in [0.25, 0.3) is 0 Å². The third kappa shape index (κ3) is 5.64. The number of unbranched alkanes of at least 4 members (excludes halogenated alkanes) is 1. The zero-order chi connectivity index (χ0) is 12.7. The first-order valence-corrected chi connectivity index (χ1v) is 7.70. The van der Waals surface area contributed by atoms with Crippen LogP contribution >= 0.6 is 11.3 Å². The van der Waals surface area contributed by atoms with Crippen LogP contribution in [-0.2, 0) is 6.42 Å². The lowest BCUT2D eigenvalue weighted by atomic mass is 9.91. The number of aromatic nitrogens is 1. The van der Waals surface area contributed by atoms with Crippen LogP contribution in [0.4, 0.5) is 0 Å². The number of aryl methyl sites for hydroxylation is 1. The Morgan fingerprint density at radius 1 is 1.41 bits per heavy atom. The van der Waals surface area contributed by atoms with Gasteiger partial charge in [-0.1, -0.05) is 39.5 Å². The van der Waals surface area contributed by atoms with Gasteiger partial charge in [0.1, 0.15) is 0 Å². The molecule has 0 amide bonds. The maximum atomic E-state index is 6.23. The first-order chi connectivity index (χ1) is 8.15. The van der Waals surface area contributed by atoms with E-state index in [9.17, 15) is 0 Å². The first kappa shape index (κ1) is 14.7. The van der Waals surface area contributed by atoms with Crippen molar-refractivity contribution >= 4 is 11.3 Å². The van der Waals surface area contributed by atoms with Gasteiger partial charge in [-0.05, 0) is 19.3 Å². The van der Waals surface area contributed by atoms with Crippen LogP contribution < -0.4 is 5.73 Å². The molecule has 1 heterocycles. The Morgan fingerprint density at radius 2 is 2.18 bits per heavy atom. The van der Waals surface area contributed by atoms with Crippen LogP contribution in [0.3, 0.4) is 0 Å². The molecule has 0 fully saturated rings. The Kier molecular flexibility index (Phi) is 6.75. The van der Waals surface area contributed by atoms with Crippen molar-refractivity contribution in [3.05, 3.63) is 16.1 Å². The van der Waals surface area contributed by atoms with Gasteiger partial charge >= 0.3 is 0 Å². The Hall–Kier alpha value is -0.410. The lowest BCUT2D eigenvalue weighted by Gasteiger charge is -2.18. The highest BCUT2D eigenvalue weighted by molar-refractivity contribution is 7.09. The van der Waals surface area contributed by atoms with Crippen molar-refractivity contribution in [1.29, 1.82) is 0 Å². The Labute approximate surface area is 110 Å². The second kappa shape index (κ2) is 7.83. The molecule has 0 aliphatic carbocycles. The lowest BCUT2D eigenvalue weighted by Crippen LogP contribution is -2.26. The highest BCUT2D eigenvalue weighted by atomic mass is 32.1. The van der Waals surface area contributed by atoms with E-state index < -0.39 is 0 Å². The fourth-order valence-corrected chi connectivity index (χ4v) is 3.08. The minimum atomic E-state index is 0.280. The summed E-state index contributed by atoms with van der Waals surface area (Å²) in [5, 5.41) is 3.30. The molecule has 1 aromatic heterocycles. The lowest BCUT2D eigenvalue weighted by molar-refractivity contribution is 0.383. The zero-order valence-corrected chi connectivity index (χ0v) is 12.2. The largest absolute Gasteiger partial charge is 0.327 e. The third-order valence-electron chi connectivity index (χ3n) is 3.28. The van der Waals surface area contributed by atoms with E-state index in [0.29, 0.717) is 0 Å². The molecule has 2 atom stereocenters. The summed E-state index contributed by atoms with van der Waals surface area (Å²) < 4.78 is 0. The van der Waals surface area contributed by atoms with Crippen molar-refractivity contribution in [2.45, 2.75) is 65.3 Å². The number of hydrogen-bond donors (Lipinski definition) is 1. The summed E-state index contributed by atoms with van der Waals surface area (Å²) >= 11 is 1.74. The molecule has 0 aliphatic rings. The normalized spacial score (nSPS) is 14.8. The number of rotatable bonds is 8. The molecule has 2 unspecified atom stereocenters. The van der Waals surface area contributed by atoms with Crippen LogP contribution in [0.2, 0.25) is 0 Å². The molecule has 0 bridgehead atoms. The molecule has 0 saturated heterocycles. The molecule has 3 heteroatoms. The molecule has 0 spiro atoms. The van der Waals surface area contributed by atoms with Crippen LogP contribution in [0, 0.1) is 12.8 Å². The number of nitrogens with zero attached hydrogens (tertiary/aromatic N) is 1. The molecule has 0 radical (unpaired) electrons. The Bertz CT molecular complexity index is 309. The number of thiazole rings is 1. The smallest absolute Gasteiger partial charge is 0.0943 e. The summed E-state index contributed by atoms with van der Waals surface area (Å²) in [7, 11) is 0. The molecule has 1 aromatic rings. The van der Waals surface area contributed by atoms with E-state index in [1.807, 2.05) is 6.92 Å². The van der Waals surface area contributed by atoms with Crippen LogP contribution in [0.25, 0.3) is 0 Å². The summed E-state index contributed by atoms with van der Waals surface area (Å²) in [6.45, 7) is 6.58. The number of nitrogens with two attached hydrogens (primary N) is 1. The van der Waals surface area contributed by atoms with Gasteiger partial charge in [0.05, 0.1) is 5.01 Å². The Morgan fingerprint density at radius 3 is 2.71 bits per heavy atom. The topological polar surface area (TPSA) is 38.9 Å². The van der Waals surface area contributed by atoms with E-state index in [1.54, 1.807) is 11.3 Å². The maximum absolute atomic E-state index is 6.23. The quantitative estimate of drug-likeness (QED) is 0.763. The monoisotopic (exact) mass is 254 g/mol. The van der Waals surface area contributed by atoms with Crippen molar-refractivity contribution in [1.82, 2.24) is 4.98 Å². The zero-order valence-electron chi connectivity index (χ0n) is 11.4. The Balaban J connectivity index is 2.34. The summed E-state index contributed by atoms with van der Waals surface area (Å²) in [4.78, 5) is 4.48. The van der Waals surface area contributed by atoms with E-state index in [1.165, 1.54) is 30.7 Å². The average molecular weight is 254 g/mol. The molecular formula is C14H26N2S. The van der Waals surface area contributed by atoms with Gasteiger partial charge in [-0.15, -0.1) is 11.3 Å². The van der Waals surface area contributed by atoms with E-state index >= 15 is 0 Å². The van der Waals surface area contributed by atoms with Gasteiger partial charge < -0.3 is 5.73 Å². The van der Waals surface area contributed by atoms with Crippen LogP contribution in [0.1, 0.15) is 56.7 Å². The highest BCUT2D eigenvalue weighted by Gasteiger charge is 2.13. The standard InChI is InChI=1S/C14H26N2S/c1-4-6-7-12(5-2)8-13(15)9-14-16-11(3)10-17-14/h10,12-13H,4-9,15H2,1-3H3. The van der Waals surface area contributed by atoms with Gasteiger partial charge in [0, 0.05) is 23.5 Å². The molecule has 98 valence electrons. The van der Waals surface area contributed by atoms with E-state index in [0.717, 1.165) is 24.5 Å². The van der Waals surface area contributed by atoms with Gasteiger partial charge in [0.2, 0.25) is 0 Å². The fraction of sp³-hybridized carbons (Fsp3) is 0.786. The van der Waals surface area contributed by atoms with Crippen molar-refractivity contribution in [2.24, 2.45) is 11.7 Å². The van der Waals surface area contributed by atoms with Crippen molar-refractivity contribution in [2.75, 3.05) is 0 Å².